The van der Waals surface area contributed by atoms with Crippen molar-refractivity contribution >= 4 is 11.6 Å². The van der Waals surface area contributed by atoms with Crippen LogP contribution in [0.2, 0.25) is 0 Å². The normalized spacial score (nSPS) is 10.2. The van der Waals surface area contributed by atoms with Crippen LogP contribution in [0.25, 0.3) is 0 Å². The number of nitrogens with one attached hydrogen (secondary N) is 1. The van der Waals surface area contributed by atoms with Crippen LogP contribution >= 0.6 is 0 Å². The van der Waals surface area contributed by atoms with E-state index in [9.17, 15) is 4.79 Å². The summed E-state index contributed by atoms with van der Waals surface area (Å²) in [4.78, 5) is 18.2. The van der Waals surface area contributed by atoms with Crippen LogP contribution in [0, 0.1) is 0 Å². The van der Waals surface area contributed by atoms with Gasteiger partial charge in [0.25, 0.3) is 5.91 Å². The van der Waals surface area contributed by atoms with Crippen molar-refractivity contribution in [3.8, 4) is 0 Å². The molecule has 0 saturated carbocycles. The monoisotopic (exact) mass is 249 g/mol. The first-order valence-electron chi connectivity index (χ1n) is 6.72. The van der Waals surface area contributed by atoms with Crippen molar-refractivity contribution in [1.82, 2.24) is 10.3 Å². The second-order valence-electron chi connectivity index (χ2n) is 4.18. The van der Waals surface area contributed by atoms with Crippen LogP contribution in [-0.2, 0) is 0 Å². The molecule has 0 radical (unpaired) electrons. The number of carbonyl (C=O) groups is 1. The number of nitrogens with zero attached hydrogens (tertiary/aromatic N) is 2. The molecule has 1 aromatic rings. The Bertz CT molecular complexity index is 375. The zero-order chi connectivity index (χ0) is 13.4. The highest BCUT2D eigenvalue weighted by molar-refractivity contribution is 5.93. The maximum absolute atomic E-state index is 11.9. The molecule has 4 heteroatoms. The highest BCUT2D eigenvalue weighted by atomic mass is 16.1. The first-order chi connectivity index (χ1) is 8.72. The first kappa shape index (κ1) is 14.5. The summed E-state index contributed by atoms with van der Waals surface area (Å²) in [5.41, 5.74) is 1.55. The zero-order valence-electron chi connectivity index (χ0n) is 11.6. The van der Waals surface area contributed by atoms with Crippen molar-refractivity contribution in [2.45, 2.75) is 33.6 Å². The van der Waals surface area contributed by atoms with E-state index >= 15 is 0 Å². The van der Waals surface area contributed by atoms with Gasteiger partial charge in [-0.2, -0.15) is 0 Å². The fourth-order valence-corrected chi connectivity index (χ4v) is 1.80. The van der Waals surface area contributed by atoms with Crippen LogP contribution in [0.5, 0.6) is 0 Å². The number of rotatable bonds is 7. The van der Waals surface area contributed by atoms with Gasteiger partial charge in [0, 0.05) is 31.5 Å². The molecular formula is C14H23N3O. The molecule has 0 aliphatic heterocycles. The zero-order valence-corrected chi connectivity index (χ0v) is 11.6. The molecule has 0 aliphatic carbocycles. The lowest BCUT2D eigenvalue weighted by Gasteiger charge is -2.21. The summed E-state index contributed by atoms with van der Waals surface area (Å²) in [6.45, 7) is 8.88. The second-order valence-corrected chi connectivity index (χ2v) is 4.18. The lowest BCUT2D eigenvalue weighted by atomic mass is 10.2. The Kier molecular flexibility index (Phi) is 6.19. The Hall–Kier alpha value is -1.58. The van der Waals surface area contributed by atoms with Crippen molar-refractivity contribution < 1.29 is 4.79 Å². The predicted molar refractivity (Wildman–Crippen MR) is 75.0 cm³/mol. The van der Waals surface area contributed by atoms with Gasteiger partial charge in [0.1, 0.15) is 5.69 Å². The molecule has 4 nitrogen and oxygen atoms in total. The maximum Gasteiger partial charge on any atom is 0.269 e. The average molecular weight is 249 g/mol. The van der Waals surface area contributed by atoms with E-state index < -0.39 is 0 Å². The largest absolute Gasteiger partial charge is 0.372 e. The molecule has 1 amide bonds. The Labute approximate surface area is 109 Å². The molecule has 0 aliphatic rings. The fourth-order valence-electron chi connectivity index (χ4n) is 1.80. The third kappa shape index (κ3) is 4.02. The van der Waals surface area contributed by atoms with E-state index in [2.05, 4.69) is 36.0 Å². The van der Waals surface area contributed by atoms with Crippen LogP contribution in [0.15, 0.2) is 18.3 Å². The lowest BCUT2D eigenvalue weighted by molar-refractivity contribution is 0.0948. The molecule has 18 heavy (non-hydrogen) atoms. The van der Waals surface area contributed by atoms with E-state index in [0.29, 0.717) is 12.2 Å². The number of hydrogen-bond acceptors (Lipinski definition) is 3. The van der Waals surface area contributed by atoms with Gasteiger partial charge in [0.05, 0.1) is 0 Å². The molecule has 0 saturated heterocycles. The number of hydrogen-bond donors (Lipinski definition) is 1. The van der Waals surface area contributed by atoms with Gasteiger partial charge in [-0.1, -0.05) is 13.3 Å². The van der Waals surface area contributed by atoms with Crippen molar-refractivity contribution in [2.24, 2.45) is 0 Å². The minimum Gasteiger partial charge on any atom is -0.372 e. The van der Waals surface area contributed by atoms with E-state index in [4.69, 9.17) is 0 Å². The van der Waals surface area contributed by atoms with Crippen LogP contribution in [0.1, 0.15) is 44.1 Å². The van der Waals surface area contributed by atoms with Crippen LogP contribution < -0.4 is 10.2 Å². The van der Waals surface area contributed by atoms with Gasteiger partial charge in [0.2, 0.25) is 0 Å². The third-order valence-corrected chi connectivity index (χ3v) is 2.92. The summed E-state index contributed by atoms with van der Waals surface area (Å²) >= 11 is 0. The van der Waals surface area contributed by atoms with Gasteiger partial charge in [-0.3, -0.25) is 9.78 Å². The molecular weight excluding hydrogens is 226 g/mol. The van der Waals surface area contributed by atoms with E-state index in [1.807, 2.05) is 12.1 Å². The van der Waals surface area contributed by atoms with Gasteiger partial charge in [-0.15, -0.1) is 0 Å². The Morgan fingerprint density at radius 3 is 2.67 bits per heavy atom. The number of amides is 1. The minimum absolute atomic E-state index is 0.0857. The van der Waals surface area contributed by atoms with E-state index in [0.717, 1.165) is 31.6 Å². The van der Waals surface area contributed by atoms with Crippen molar-refractivity contribution in [3.05, 3.63) is 24.0 Å². The van der Waals surface area contributed by atoms with E-state index in [-0.39, 0.29) is 5.91 Å². The van der Waals surface area contributed by atoms with E-state index in [1.54, 1.807) is 6.20 Å². The number of aromatic nitrogens is 1. The van der Waals surface area contributed by atoms with Crippen molar-refractivity contribution in [1.29, 1.82) is 0 Å². The summed E-state index contributed by atoms with van der Waals surface area (Å²) in [6.07, 6.45) is 3.77. The molecule has 0 spiro atoms. The molecule has 1 aromatic heterocycles. The quantitative estimate of drug-likeness (QED) is 0.755. The van der Waals surface area contributed by atoms with Crippen molar-refractivity contribution in [2.75, 3.05) is 24.5 Å². The predicted octanol–water partition coefficient (Wildman–Crippen LogP) is 2.46. The Morgan fingerprint density at radius 2 is 2.06 bits per heavy atom. The topological polar surface area (TPSA) is 45.2 Å². The van der Waals surface area contributed by atoms with Crippen LogP contribution in [0.4, 0.5) is 5.69 Å². The Balaban J connectivity index is 2.72. The fraction of sp³-hybridized carbons (Fsp3) is 0.571. The SMILES string of the molecule is CCCCNC(=O)c1cc(N(CC)CC)ccn1. The Morgan fingerprint density at radius 1 is 1.33 bits per heavy atom. The van der Waals surface area contributed by atoms with Gasteiger partial charge in [0.15, 0.2) is 0 Å². The maximum atomic E-state index is 11.9. The highest BCUT2D eigenvalue weighted by Gasteiger charge is 2.09. The standard InChI is InChI=1S/C14H23N3O/c1-4-7-9-16-14(18)13-11-12(8-10-15-13)17(5-2)6-3/h8,10-11H,4-7,9H2,1-3H3,(H,16,18). The molecule has 0 atom stereocenters. The molecule has 0 fully saturated rings. The number of anilines is 1. The van der Waals surface area contributed by atoms with Gasteiger partial charge in [-0.05, 0) is 32.4 Å². The van der Waals surface area contributed by atoms with Gasteiger partial charge in [-0.25, -0.2) is 0 Å². The third-order valence-electron chi connectivity index (χ3n) is 2.92. The van der Waals surface area contributed by atoms with Crippen LogP contribution in [0.3, 0.4) is 0 Å². The summed E-state index contributed by atoms with van der Waals surface area (Å²) in [6, 6.07) is 3.80. The smallest absolute Gasteiger partial charge is 0.269 e. The average Bonchev–Trinajstić information content (AvgIpc) is 2.41. The number of pyridine rings is 1. The van der Waals surface area contributed by atoms with E-state index in [1.165, 1.54) is 0 Å². The lowest BCUT2D eigenvalue weighted by Crippen LogP contribution is -2.26. The summed E-state index contributed by atoms with van der Waals surface area (Å²) in [7, 11) is 0. The van der Waals surface area contributed by atoms with Gasteiger partial charge >= 0.3 is 0 Å². The summed E-state index contributed by atoms with van der Waals surface area (Å²) in [5.74, 6) is -0.0857. The molecule has 1 heterocycles. The molecule has 1 rings (SSSR count). The second kappa shape index (κ2) is 7.69. The molecule has 0 unspecified atom stereocenters. The molecule has 1 N–H and O–H groups in total. The minimum atomic E-state index is -0.0857. The highest BCUT2D eigenvalue weighted by Crippen LogP contribution is 2.13. The van der Waals surface area contributed by atoms with Gasteiger partial charge < -0.3 is 10.2 Å². The molecule has 0 aromatic carbocycles. The number of carbonyl (C=O) groups excluding carboxylic acids is 1. The van der Waals surface area contributed by atoms with Crippen LogP contribution in [-0.4, -0.2) is 30.5 Å². The summed E-state index contributed by atoms with van der Waals surface area (Å²) < 4.78 is 0. The molecule has 100 valence electrons. The first-order valence-corrected chi connectivity index (χ1v) is 6.72. The number of unbranched alkanes of at least 4 members (excludes halogenated alkanes) is 1. The summed E-state index contributed by atoms with van der Waals surface area (Å²) in [5, 5.41) is 2.88. The van der Waals surface area contributed by atoms with Crippen molar-refractivity contribution in [3.63, 3.8) is 0 Å². The molecule has 0 bridgehead atoms.